The Labute approximate surface area is 182 Å². The van der Waals surface area contributed by atoms with E-state index in [1.807, 2.05) is 27.8 Å². The predicted molar refractivity (Wildman–Crippen MR) is 120 cm³/mol. The van der Waals surface area contributed by atoms with Crippen LogP contribution in [0.2, 0.25) is 0 Å². The van der Waals surface area contributed by atoms with E-state index in [0.29, 0.717) is 23.5 Å². The van der Waals surface area contributed by atoms with Crippen LogP contribution in [0.3, 0.4) is 0 Å². The molecule has 0 spiro atoms. The van der Waals surface area contributed by atoms with Gasteiger partial charge in [0.15, 0.2) is 5.82 Å². The van der Waals surface area contributed by atoms with E-state index in [-0.39, 0.29) is 22.9 Å². The number of benzene rings is 2. The molecular formula is C22H27N5O3S. The molecule has 0 fully saturated rings. The fourth-order valence-corrected chi connectivity index (χ4v) is 5.04. The quantitative estimate of drug-likeness (QED) is 0.578. The van der Waals surface area contributed by atoms with Crippen LogP contribution in [0.5, 0.6) is 0 Å². The van der Waals surface area contributed by atoms with Crippen LogP contribution in [0.15, 0.2) is 53.4 Å². The van der Waals surface area contributed by atoms with E-state index < -0.39 is 15.9 Å². The Morgan fingerprint density at radius 3 is 2.35 bits per heavy atom. The number of rotatable bonds is 8. The summed E-state index contributed by atoms with van der Waals surface area (Å²) >= 11 is 0. The molecule has 3 rings (SSSR count). The number of nitrogens with two attached hydrogens (primary N) is 1. The largest absolute Gasteiger partial charge is 0.366 e. The predicted octanol–water partition coefficient (Wildman–Crippen LogP) is 2.99. The number of sulfonamides is 1. The Balaban J connectivity index is 2.28. The molecule has 2 aromatic carbocycles. The summed E-state index contributed by atoms with van der Waals surface area (Å²) in [4.78, 5) is 12.0. The van der Waals surface area contributed by atoms with Gasteiger partial charge in [-0.2, -0.15) is 0 Å². The van der Waals surface area contributed by atoms with Crippen LogP contribution in [0.1, 0.15) is 37.0 Å². The molecule has 0 aliphatic heterocycles. The first-order chi connectivity index (χ1) is 14.7. The van der Waals surface area contributed by atoms with Gasteiger partial charge in [0, 0.05) is 31.1 Å². The highest BCUT2D eigenvalue weighted by Crippen LogP contribution is 2.35. The van der Waals surface area contributed by atoms with E-state index in [9.17, 15) is 13.2 Å². The van der Waals surface area contributed by atoms with Crippen molar-refractivity contribution in [3.63, 3.8) is 0 Å². The van der Waals surface area contributed by atoms with Gasteiger partial charge in [0.25, 0.3) is 10.0 Å². The molecule has 0 radical (unpaired) electrons. The highest BCUT2D eigenvalue weighted by atomic mass is 32.2. The molecule has 0 unspecified atom stereocenters. The first-order valence-corrected chi connectivity index (χ1v) is 11.5. The highest BCUT2D eigenvalue weighted by Gasteiger charge is 2.29. The second kappa shape index (κ2) is 8.89. The number of amides is 1. The number of hydrogen-bond acceptors (Lipinski definition) is 5. The zero-order valence-electron chi connectivity index (χ0n) is 18.1. The zero-order valence-corrected chi connectivity index (χ0v) is 18.9. The van der Waals surface area contributed by atoms with Crippen LogP contribution >= 0.6 is 0 Å². The number of aromatic nitrogens is 3. The lowest BCUT2D eigenvalue weighted by Crippen LogP contribution is -2.35. The first-order valence-electron chi connectivity index (χ1n) is 10.1. The smallest absolute Gasteiger partial charge is 0.264 e. The van der Waals surface area contributed by atoms with Gasteiger partial charge >= 0.3 is 0 Å². The molecule has 1 heterocycles. The SMILES string of the molecule is CCc1nnc(-c2cc(C(N)=O)ccc2N(CC(C)C)S(=O)(=O)c2ccccc2)n1C. The van der Waals surface area contributed by atoms with Gasteiger partial charge in [-0.1, -0.05) is 39.0 Å². The van der Waals surface area contributed by atoms with Gasteiger partial charge in [0.1, 0.15) is 5.82 Å². The van der Waals surface area contributed by atoms with Crippen molar-refractivity contribution >= 4 is 21.6 Å². The lowest BCUT2D eigenvalue weighted by molar-refractivity contribution is 0.100. The first kappa shape index (κ1) is 22.5. The van der Waals surface area contributed by atoms with Gasteiger partial charge in [0.2, 0.25) is 5.91 Å². The third-order valence-electron chi connectivity index (χ3n) is 4.93. The number of nitrogens with zero attached hydrogens (tertiary/aromatic N) is 4. The summed E-state index contributed by atoms with van der Waals surface area (Å²) in [5.74, 6) is 0.651. The monoisotopic (exact) mass is 441 g/mol. The second-order valence-corrected chi connectivity index (χ2v) is 9.55. The van der Waals surface area contributed by atoms with Crippen molar-refractivity contribution in [2.24, 2.45) is 18.7 Å². The molecule has 164 valence electrons. The van der Waals surface area contributed by atoms with Crippen LogP contribution < -0.4 is 10.0 Å². The van der Waals surface area contributed by atoms with Gasteiger partial charge in [-0.3, -0.25) is 9.10 Å². The molecule has 31 heavy (non-hydrogen) atoms. The highest BCUT2D eigenvalue weighted by molar-refractivity contribution is 7.92. The molecule has 1 aromatic heterocycles. The fourth-order valence-electron chi connectivity index (χ4n) is 3.37. The Morgan fingerprint density at radius 1 is 1.13 bits per heavy atom. The van der Waals surface area contributed by atoms with Crippen LogP contribution in [-0.4, -0.2) is 35.6 Å². The van der Waals surface area contributed by atoms with Crippen molar-refractivity contribution in [2.75, 3.05) is 10.8 Å². The maximum Gasteiger partial charge on any atom is 0.264 e. The summed E-state index contributed by atoms with van der Waals surface area (Å²) < 4.78 is 30.4. The molecular weight excluding hydrogens is 414 g/mol. The lowest BCUT2D eigenvalue weighted by atomic mass is 10.1. The number of carbonyl (C=O) groups excluding carboxylic acids is 1. The minimum Gasteiger partial charge on any atom is -0.366 e. The average molecular weight is 442 g/mol. The molecule has 0 atom stereocenters. The van der Waals surface area contributed by atoms with Gasteiger partial charge < -0.3 is 10.3 Å². The van der Waals surface area contributed by atoms with Crippen LogP contribution in [0.4, 0.5) is 5.69 Å². The molecule has 1 amide bonds. The molecule has 0 saturated carbocycles. The number of primary amides is 1. The molecule has 0 bridgehead atoms. The summed E-state index contributed by atoms with van der Waals surface area (Å²) in [6.45, 7) is 6.10. The number of hydrogen-bond donors (Lipinski definition) is 1. The standard InChI is InChI=1S/C22H27N5O3S/c1-5-20-24-25-22(26(20)4)18-13-16(21(23)28)11-12-19(18)27(14-15(2)3)31(29,30)17-9-7-6-8-10-17/h6-13,15H,5,14H2,1-4H3,(H2,23,28). The van der Waals surface area contributed by atoms with E-state index in [0.717, 1.165) is 5.82 Å². The van der Waals surface area contributed by atoms with E-state index in [1.165, 1.54) is 10.4 Å². The van der Waals surface area contributed by atoms with Crippen molar-refractivity contribution < 1.29 is 13.2 Å². The van der Waals surface area contributed by atoms with Crippen molar-refractivity contribution in [3.8, 4) is 11.4 Å². The summed E-state index contributed by atoms with van der Waals surface area (Å²) in [6.07, 6.45) is 0.659. The molecule has 9 heteroatoms. The summed E-state index contributed by atoms with van der Waals surface area (Å²) in [5.41, 5.74) is 6.66. The van der Waals surface area contributed by atoms with E-state index in [1.54, 1.807) is 47.0 Å². The van der Waals surface area contributed by atoms with Crippen molar-refractivity contribution in [1.82, 2.24) is 14.8 Å². The minimum atomic E-state index is -3.86. The Hall–Kier alpha value is -3.20. The minimum absolute atomic E-state index is 0.0489. The normalized spacial score (nSPS) is 11.6. The van der Waals surface area contributed by atoms with Crippen LogP contribution in [0, 0.1) is 5.92 Å². The summed E-state index contributed by atoms with van der Waals surface area (Å²) in [5, 5.41) is 8.47. The molecule has 0 aliphatic carbocycles. The zero-order chi connectivity index (χ0) is 22.8. The van der Waals surface area contributed by atoms with Crippen molar-refractivity contribution in [3.05, 3.63) is 59.9 Å². The lowest BCUT2D eigenvalue weighted by Gasteiger charge is -2.28. The van der Waals surface area contributed by atoms with Crippen molar-refractivity contribution in [1.29, 1.82) is 0 Å². The van der Waals surface area contributed by atoms with Crippen LogP contribution in [-0.2, 0) is 23.5 Å². The average Bonchev–Trinajstić information content (AvgIpc) is 3.12. The van der Waals surface area contributed by atoms with Gasteiger partial charge in [-0.25, -0.2) is 8.42 Å². The van der Waals surface area contributed by atoms with Crippen molar-refractivity contribution in [2.45, 2.75) is 32.1 Å². The van der Waals surface area contributed by atoms with Gasteiger partial charge in [-0.05, 0) is 36.2 Å². The van der Waals surface area contributed by atoms with Gasteiger partial charge in [0.05, 0.1) is 10.6 Å². The fraction of sp³-hybridized carbons (Fsp3) is 0.318. The third-order valence-corrected chi connectivity index (χ3v) is 6.73. The van der Waals surface area contributed by atoms with E-state index in [4.69, 9.17) is 5.73 Å². The number of carbonyl (C=O) groups is 1. The molecule has 8 nitrogen and oxygen atoms in total. The maximum atomic E-state index is 13.6. The molecule has 2 N–H and O–H groups in total. The Bertz CT molecular complexity index is 1190. The maximum absolute atomic E-state index is 13.6. The Morgan fingerprint density at radius 2 is 1.81 bits per heavy atom. The second-order valence-electron chi connectivity index (χ2n) is 7.69. The topological polar surface area (TPSA) is 111 Å². The number of anilines is 1. The van der Waals surface area contributed by atoms with E-state index in [2.05, 4.69) is 10.2 Å². The van der Waals surface area contributed by atoms with Crippen LogP contribution in [0.25, 0.3) is 11.4 Å². The van der Waals surface area contributed by atoms with E-state index >= 15 is 0 Å². The molecule has 3 aromatic rings. The summed E-state index contributed by atoms with van der Waals surface area (Å²) in [7, 11) is -2.05. The third kappa shape index (κ3) is 4.46. The van der Waals surface area contributed by atoms with Gasteiger partial charge in [-0.15, -0.1) is 10.2 Å². The summed E-state index contributed by atoms with van der Waals surface area (Å²) in [6, 6.07) is 13.0. The number of aryl methyl sites for hydroxylation is 1. The Kier molecular flexibility index (Phi) is 6.45. The molecule has 0 saturated heterocycles. The molecule has 0 aliphatic rings.